The van der Waals surface area contributed by atoms with Crippen molar-refractivity contribution in [3.05, 3.63) is 63.6 Å². The summed E-state index contributed by atoms with van der Waals surface area (Å²) >= 11 is 5.69. The molecule has 0 radical (unpaired) electrons. The smallest absolute Gasteiger partial charge is 0.369 e. The quantitative estimate of drug-likeness (QED) is 0.525. The molecule has 6 nitrogen and oxygen atoms in total. The number of anilines is 1. The minimum Gasteiger partial charge on any atom is -0.369 e. The highest BCUT2D eigenvalue weighted by molar-refractivity contribution is 7.95. The molecule has 0 aromatic heterocycles. The first-order valence-corrected chi connectivity index (χ1v) is 12.3. The van der Waals surface area contributed by atoms with Crippen LogP contribution in [0.5, 0.6) is 0 Å². The number of carbonyl (C=O) groups is 1. The molecule has 1 saturated heterocycles. The molecule has 33 heavy (non-hydrogen) atoms. The molecule has 182 valence electrons. The van der Waals surface area contributed by atoms with Crippen molar-refractivity contribution in [3.63, 3.8) is 0 Å². The first-order valence-electron chi connectivity index (χ1n) is 10.3. The monoisotopic (exact) mass is 505 g/mol. The van der Waals surface area contributed by atoms with E-state index in [2.05, 4.69) is 17.2 Å². The van der Waals surface area contributed by atoms with E-state index in [4.69, 9.17) is 11.6 Å². The van der Waals surface area contributed by atoms with Crippen molar-refractivity contribution in [2.75, 3.05) is 43.4 Å². The average molecular weight is 506 g/mol. The second kappa shape index (κ2) is 11.2. The zero-order valence-corrected chi connectivity index (χ0v) is 20.0. The number of piperazine rings is 1. The van der Waals surface area contributed by atoms with Crippen molar-refractivity contribution >= 4 is 33.0 Å². The van der Waals surface area contributed by atoms with Crippen molar-refractivity contribution in [2.24, 2.45) is 0 Å². The molecule has 0 atom stereocenters. The SMILES string of the molecule is C=C(Cl)/C=C\C(=C(/C)CNC(=O)c1cc(N2CCNCC2)cc(C(F)(F)F)c1)S(=O)(=O)CC. The summed E-state index contributed by atoms with van der Waals surface area (Å²) in [6.45, 7) is 8.57. The average Bonchev–Trinajstić information content (AvgIpc) is 2.76. The fourth-order valence-electron chi connectivity index (χ4n) is 3.25. The number of alkyl halides is 3. The van der Waals surface area contributed by atoms with Gasteiger partial charge in [-0.3, -0.25) is 4.79 Å². The molecule has 2 N–H and O–H groups in total. The van der Waals surface area contributed by atoms with E-state index in [1.807, 2.05) is 0 Å². The number of carbonyl (C=O) groups excluding carboxylic acids is 1. The summed E-state index contributed by atoms with van der Waals surface area (Å²) in [4.78, 5) is 14.5. The Hall–Kier alpha value is -2.30. The predicted molar refractivity (Wildman–Crippen MR) is 125 cm³/mol. The van der Waals surface area contributed by atoms with Gasteiger partial charge in [-0.1, -0.05) is 25.1 Å². The summed E-state index contributed by atoms with van der Waals surface area (Å²) in [6, 6.07) is 3.24. The third-order valence-corrected chi connectivity index (χ3v) is 7.10. The summed E-state index contributed by atoms with van der Waals surface area (Å²) in [5.74, 6) is -0.912. The molecule has 0 saturated carbocycles. The zero-order valence-electron chi connectivity index (χ0n) is 18.4. The number of nitrogens with zero attached hydrogens (tertiary/aromatic N) is 1. The van der Waals surface area contributed by atoms with E-state index in [0.717, 1.165) is 12.1 Å². The minimum atomic E-state index is -4.62. The third-order valence-electron chi connectivity index (χ3n) is 5.05. The van der Waals surface area contributed by atoms with Crippen LogP contribution in [0, 0.1) is 0 Å². The first kappa shape index (κ1) is 26.9. The van der Waals surface area contributed by atoms with E-state index < -0.39 is 27.5 Å². The van der Waals surface area contributed by atoms with E-state index in [1.54, 1.807) is 4.90 Å². The van der Waals surface area contributed by atoms with E-state index >= 15 is 0 Å². The number of hydrogen-bond acceptors (Lipinski definition) is 5. The molecule has 2 rings (SSSR count). The Morgan fingerprint density at radius 3 is 2.42 bits per heavy atom. The van der Waals surface area contributed by atoms with Gasteiger partial charge >= 0.3 is 6.18 Å². The standard InChI is InChI=1S/C22H27ClF3N3O3S/c1-4-33(31,32)20(6-5-16(3)23)15(2)14-28-21(30)17-11-18(22(24,25)26)13-19(12-17)29-9-7-27-8-10-29/h5-6,11-13,27H,3-4,7-10,14H2,1-2H3,(H,28,30)/b6-5-,20-15-. The number of sulfone groups is 1. The summed E-state index contributed by atoms with van der Waals surface area (Å²) in [5.41, 5.74) is -0.459. The van der Waals surface area contributed by atoms with Crippen LogP contribution in [-0.4, -0.2) is 52.8 Å². The summed E-state index contributed by atoms with van der Waals surface area (Å²) in [6.07, 6.45) is -2.00. The lowest BCUT2D eigenvalue weighted by atomic mass is 10.1. The van der Waals surface area contributed by atoms with Crippen LogP contribution in [0.4, 0.5) is 18.9 Å². The topological polar surface area (TPSA) is 78.5 Å². The van der Waals surface area contributed by atoms with Crippen LogP contribution in [0.2, 0.25) is 0 Å². The number of nitrogens with one attached hydrogen (secondary N) is 2. The maximum absolute atomic E-state index is 13.5. The lowest BCUT2D eigenvalue weighted by molar-refractivity contribution is -0.137. The summed E-state index contributed by atoms with van der Waals surface area (Å²) in [5, 5.41) is 5.78. The van der Waals surface area contributed by atoms with Crippen molar-refractivity contribution in [1.29, 1.82) is 0 Å². The van der Waals surface area contributed by atoms with Crippen LogP contribution in [0.25, 0.3) is 0 Å². The van der Waals surface area contributed by atoms with Gasteiger partial charge in [0.15, 0.2) is 9.84 Å². The van der Waals surface area contributed by atoms with E-state index in [9.17, 15) is 26.4 Å². The zero-order chi connectivity index (χ0) is 24.8. The Morgan fingerprint density at radius 1 is 1.24 bits per heavy atom. The molecule has 1 fully saturated rings. The fraction of sp³-hybridized carbons (Fsp3) is 0.409. The molecule has 0 aliphatic carbocycles. The van der Waals surface area contributed by atoms with Gasteiger partial charge in [0.05, 0.1) is 16.2 Å². The molecule has 1 heterocycles. The van der Waals surface area contributed by atoms with Crippen LogP contribution < -0.4 is 15.5 Å². The molecule has 1 aromatic carbocycles. The van der Waals surface area contributed by atoms with Gasteiger partial charge in [-0.25, -0.2) is 8.42 Å². The van der Waals surface area contributed by atoms with Crippen LogP contribution in [0.15, 0.2) is 52.4 Å². The maximum atomic E-state index is 13.5. The molecule has 0 unspecified atom stereocenters. The highest BCUT2D eigenvalue weighted by Crippen LogP contribution is 2.33. The van der Waals surface area contributed by atoms with Crippen LogP contribution >= 0.6 is 11.6 Å². The molecule has 0 bridgehead atoms. The summed E-state index contributed by atoms with van der Waals surface area (Å²) in [7, 11) is -3.63. The number of amides is 1. The number of halogens is 4. The highest BCUT2D eigenvalue weighted by Gasteiger charge is 2.32. The van der Waals surface area contributed by atoms with Crippen molar-refractivity contribution < 1.29 is 26.4 Å². The van der Waals surface area contributed by atoms with Crippen molar-refractivity contribution in [2.45, 2.75) is 20.0 Å². The largest absolute Gasteiger partial charge is 0.416 e. The molecule has 11 heteroatoms. The fourth-order valence-corrected chi connectivity index (χ4v) is 4.50. The van der Waals surface area contributed by atoms with Gasteiger partial charge < -0.3 is 15.5 Å². The van der Waals surface area contributed by atoms with Gasteiger partial charge in [-0.15, -0.1) is 0 Å². The molecule has 1 aliphatic rings. The normalized spacial score (nSPS) is 16.0. The second-order valence-electron chi connectivity index (χ2n) is 7.51. The third kappa shape index (κ3) is 7.62. The Labute approximate surface area is 197 Å². The van der Waals surface area contributed by atoms with Gasteiger partial charge in [0.25, 0.3) is 5.91 Å². The Kier molecular flexibility index (Phi) is 9.16. The first-order chi connectivity index (χ1) is 15.3. The van der Waals surface area contributed by atoms with Crippen LogP contribution in [-0.2, 0) is 16.0 Å². The van der Waals surface area contributed by atoms with Gasteiger partial charge in [-0.05, 0) is 42.8 Å². The molecular weight excluding hydrogens is 479 g/mol. The van der Waals surface area contributed by atoms with Gasteiger partial charge in [0.1, 0.15) is 0 Å². The van der Waals surface area contributed by atoms with Gasteiger partial charge in [0, 0.05) is 49.0 Å². The number of rotatable bonds is 8. The van der Waals surface area contributed by atoms with Crippen LogP contribution in [0.3, 0.4) is 0 Å². The number of benzene rings is 1. The number of hydrogen-bond donors (Lipinski definition) is 2. The molecular formula is C22H27ClF3N3O3S. The minimum absolute atomic E-state index is 0.0300. The van der Waals surface area contributed by atoms with Crippen molar-refractivity contribution in [3.8, 4) is 0 Å². The van der Waals surface area contributed by atoms with Crippen molar-refractivity contribution in [1.82, 2.24) is 10.6 Å². The highest BCUT2D eigenvalue weighted by atomic mass is 35.5. The predicted octanol–water partition coefficient (Wildman–Crippen LogP) is 3.86. The Morgan fingerprint density at radius 2 is 1.88 bits per heavy atom. The second-order valence-corrected chi connectivity index (χ2v) is 10.2. The Balaban J connectivity index is 2.34. The number of allylic oxidation sites excluding steroid dienone is 3. The molecule has 0 spiro atoms. The molecule has 1 aliphatic heterocycles. The Bertz CT molecular complexity index is 1060. The molecule has 1 aromatic rings. The van der Waals surface area contributed by atoms with E-state index in [0.29, 0.717) is 37.4 Å². The molecule has 1 amide bonds. The lowest BCUT2D eigenvalue weighted by Gasteiger charge is -2.30. The lowest BCUT2D eigenvalue weighted by Crippen LogP contribution is -2.43. The van der Waals surface area contributed by atoms with E-state index in [-0.39, 0.29) is 27.8 Å². The maximum Gasteiger partial charge on any atom is 0.416 e. The summed E-state index contributed by atoms with van der Waals surface area (Å²) < 4.78 is 65.2. The van der Waals surface area contributed by atoms with Gasteiger partial charge in [0.2, 0.25) is 0 Å². The van der Waals surface area contributed by atoms with Gasteiger partial charge in [-0.2, -0.15) is 13.2 Å². The van der Waals surface area contributed by atoms with E-state index in [1.165, 1.54) is 32.1 Å². The van der Waals surface area contributed by atoms with Crippen LogP contribution in [0.1, 0.15) is 29.8 Å².